The van der Waals surface area contributed by atoms with Crippen LogP contribution in [0.15, 0.2) is 6.33 Å². The van der Waals surface area contributed by atoms with Crippen LogP contribution in [0.25, 0.3) is 0 Å². The average molecular weight is 269 g/mol. The summed E-state index contributed by atoms with van der Waals surface area (Å²) in [6.07, 6.45) is 2.33. The monoisotopic (exact) mass is 269 g/mol. The number of hydrogen-bond donors (Lipinski definition) is 1. The fourth-order valence-electron chi connectivity index (χ4n) is 1.50. The Kier molecular flexibility index (Phi) is 7.84. The van der Waals surface area contributed by atoms with Gasteiger partial charge in [-0.3, -0.25) is 0 Å². The summed E-state index contributed by atoms with van der Waals surface area (Å²) < 4.78 is 15.9. The second kappa shape index (κ2) is 9.52. The fourth-order valence-corrected chi connectivity index (χ4v) is 1.50. The van der Waals surface area contributed by atoms with Gasteiger partial charge >= 0.3 is 0 Å². The highest BCUT2D eigenvalue weighted by Gasteiger charge is 2.06. The van der Waals surface area contributed by atoms with Gasteiger partial charge < -0.3 is 19.5 Å². The number of methoxy groups -OCH3 is 1. The van der Waals surface area contributed by atoms with Crippen LogP contribution in [0.4, 0.5) is 5.82 Å². The van der Waals surface area contributed by atoms with E-state index in [4.69, 9.17) is 14.2 Å². The Bertz CT molecular complexity index is 361. The summed E-state index contributed by atoms with van der Waals surface area (Å²) in [5.74, 6) is 1.45. The second-order valence-electron chi connectivity index (χ2n) is 3.99. The van der Waals surface area contributed by atoms with Crippen LogP contribution in [0.5, 0.6) is 5.88 Å². The number of nitrogens with one attached hydrogen (secondary N) is 1. The molecule has 0 spiro atoms. The molecule has 6 nitrogen and oxygen atoms in total. The van der Waals surface area contributed by atoms with E-state index in [1.807, 2.05) is 13.8 Å². The molecule has 108 valence electrons. The Morgan fingerprint density at radius 3 is 2.74 bits per heavy atom. The van der Waals surface area contributed by atoms with Crippen LogP contribution >= 0.6 is 0 Å². The van der Waals surface area contributed by atoms with Gasteiger partial charge in [-0.2, -0.15) is 0 Å². The molecule has 0 amide bonds. The molecule has 0 aromatic carbocycles. The van der Waals surface area contributed by atoms with Crippen molar-refractivity contribution in [1.29, 1.82) is 0 Å². The Labute approximate surface area is 114 Å². The Morgan fingerprint density at radius 2 is 2.00 bits per heavy atom. The van der Waals surface area contributed by atoms with Crippen molar-refractivity contribution >= 4 is 5.82 Å². The molecule has 19 heavy (non-hydrogen) atoms. The number of aromatic nitrogens is 2. The Morgan fingerprint density at radius 1 is 1.16 bits per heavy atom. The number of nitrogens with zero attached hydrogens (tertiary/aromatic N) is 2. The summed E-state index contributed by atoms with van der Waals surface area (Å²) in [6.45, 7) is 7.28. The van der Waals surface area contributed by atoms with Gasteiger partial charge in [0.25, 0.3) is 0 Å². The quantitative estimate of drug-likeness (QED) is 0.652. The molecule has 6 heteroatoms. The van der Waals surface area contributed by atoms with Crippen LogP contribution in [0.2, 0.25) is 0 Å². The van der Waals surface area contributed by atoms with Crippen LogP contribution in [-0.4, -0.2) is 50.1 Å². The van der Waals surface area contributed by atoms with E-state index in [1.54, 1.807) is 7.11 Å². The molecule has 0 radical (unpaired) electrons. The maximum atomic E-state index is 5.63. The standard InChI is InChI=1S/C13H23N3O3/c1-4-14-12-11(2)13(16-10-15-12)19-7-5-6-18-9-8-17-3/h10H,4-9H2,1-3H3,(H,14,15,16). The zero-order valence-electron chi connectivity index (χ0n) is 11.9. The van der Waals surface area contributed by atoms with Crippen molar-refractivity contribution < 1.29 is 14.2 Å². The Balaban J connectivity index is 2.27. The van der Waals surface area contributed by atoms with Gasteiger partial charge in [0.1, 0.15) is 12.1 Å². The average Bonchev–Trinajstić information content (AvgIpc) is 2.42. The number of anilines is 1. The van der Waals surface area contributed by atoms with Crippen molar-refractivity contribution in [2.45, 2.75) is 20.3 Å². The predicted molar refractivity (Wildman–Crippen MR) is 73.7 cm³/mol. The van der Waals surface area contributed by atoms with Crippen LogP contribution in [-0.2, 0) is 9.47 Å². The molecule has 0 fully saturated rings. The zero-order chi connectivity index (χ0) is 13.9. The molecule has 0 unspecified atom stereocenters. The van der Waals surface area contributed by atoms with Crippen molar-refractivity contribution in [2.24, 2.45) is 0 Å². The lowest BCUT2D eigenvalue weighted by Gasteiger charge is -2.11. The lowest BCUT2D eigenvalue weighted by molar-refractivity contribution is 0.0641. The molecule has 0 aliphatic rings. The summed E-state index contributed by atoms with van der Waals surface area (Å²) in [5.41, 5.74) is 0.935. The third-order valence-electron chi connectivity index (χ3n) is 2.49. The third kappa shape index (κ3) is 5.85. The van der Waals surface area contributed by atoms with E-state index in [9.17, 15) is 0 Å². The van der Waals surface area contributed by atoms with E-state index >= 15 is 0 Å². The number of rotatable bonds is 10. The van der Waals surface area contributed by atoms with E-state index in [0.29, 0.717) is 32.3 Å². The zero-order valence-corrected chi connectivity index (χ0v) is 11.9. The van der Waals surface area contributed by atoms with E-state index in [2.05, 4.69) is 15.3 Å². The number of hydrogen-bond acceptors (Lipinski definition) is 6. The van der Waals surface area contributed by atoms with Gasteiger partial charge in [0.2, 0.25) is 5.88 Å². The summed E-state index contributed by atoms with van der Waals surface area (Å²) in [5, 5.41) is 3.17. The molecule has 0 saturated carbocycles. The van der Waals surface area contributed by atoms with Gasteiger partial charge in [0, 0.05) is 26.7 Å². The summed E-state index contributed by atoms with van der Waals surface area (Å²) >= 11 is 0. The maximum Gasteiger partial charge on any atom is 0.221 e. The van der Waals surface area contributed by atoms with Gasteiger partial charge in [-0.25, -0.2) is 9.97 Å². The van der Waals surface area contributed by atoms with Gasteiger partial charge in [0.15, 0.2) is 0 Å². The minimum Gasteiger partial charge on any atom is -0.477 e. The fraction of sp³-hybridized carbons (Fsp3) is 0.692. The lowest BCUT2D eigenvalue weighted by Crippen LogP contribution is -2.09. The molecule has 1 aromatic heterocycles. The van der Waals surface area contributed by atoms with Gasteiger partial charge in [-0.15, -0.1) is 0 Å². The van der Waals surface area contributed by atoms with Crippen LogP contribution in [0, 0.1) is 6.92 Å². The molecule has 0 aliphatic heterocycles. The van der Waals surface area contributed by atoms with Gasteiger partial charge in [0.05, 0.1) is 25.4 Å². The van der Waals surface area contributed by atoms with Crippen molar-refractivity contribution in [3.63, 3.8) is 0 Å². The molecular weight excluding hydrogens is 246 g/mol. The van der Waals surface area contributed by atoms with Crippen molar-refractivity contribution in [3.05, 3.63) is 11.9 Å². The maximum absolute atomic E-state index is 5.63. The predicted octanol–water partition coefficient (Wildman–Crippen LogP) is 1.65. The molecule has 1 rings (SSSR count). The molecule has 0 saturated heterocycles. The molecular formula is C13H23N3O3. The van der Waals surface area contributed by atoms with Crippen molar-refractivity contribution in [1.82, 2.24) is 9.97 Å². The van der Waals surface area contributed by atoms with Crippen LogP contribution in [0.3, 0.4) is 0 Å². The highest BCUT2D eigenvalue weighted by Crippen LogP contribution is 2.19. The first-order chi connectivity index (χ1) is 9.29. The summed E-state index contributed by atoms with van der Waals surface area (Å²) in [6, 6.07) is 0. The second-order valence-corrected chi connectivity index (χ2v) is 3.99. The van der Waals surface area contributed by atoms with Gasteiger partial charge in [-0.05, 0) is 13.8 Å². The van der Waals surface area contributed by atoms with Crippen molar-refractivity contribution in [3.8, 4) is 5.88 Å². The topological polar surface area (TPSA) is 65.5 Å². The normalized spacial score (nSPS) is 10.5. The smallest absolute Gasteiger partial charge is 0.221 e. The molecule has 1 aromatic rings. The lowest BCUT2D eigenvalue weighted by atomic mass is 10.3. The van der Waals surface area contributed by atoms with Crippen LogP contribution < -0.4 is 10.1 Å². The summed E-state index contributed by atoms with van der Waals surface area (Å²) in [7, 11) is 1.66. The first-order valence-corrected chi connectivity index (χ1v) is 6.54. The SMILES string of the molecule is CCNc1ncnc(OCCCOCCOC)c1C. The highest BCUT2D eigenvalue weighted by molar-refractivity contribution is 5.47. The van der Waals surface area contributed by atoms with E-state index in [0.717, 1.165) is 24.3 Å². The third-order valence-corrected chi connectivity index (χ3v) is 2.49. The Hall–Kier alpha value is -1.40. The first kappa shape index (κ1) is 15.7. The molecule has 0 aliphatic carbocycles. The first-order valence-electron chi connectivity index (χ1n) is 6.54. The molecule has 1 N–H and O–H groups in total. The molecule has 0 bridgehead atoms. The van der Waals surface area contributed by atoms with Gasteiger partial charge in [-0.1, -0.05) is 0 Å². The minimum absolute atomic E-state index is 0.580. The highest BCUT2D eigenvalue weighted by atomic mass is 16.5. The van der Waals surface area contributed by atoms with E-state index in [-0.39, 0.29) is 0 Å². The van der Waals surface area contributed by atoms with Crippen LogP contribution in [0.1, 0.15) is 18.9 Å². The molecule has 1 heterocycles. The number of ether oxygens (including phenoxy) is 3. The van der Waals surface area contributed by atoms with E-state index < -0.39 is 0 Å². The van der Waals surface area contributed by atoms with E-state index in [1.165, 1.54) is 6.33 Å². The van der Waals surface area contributed by atoms with Crippen molar-refractivity contribution in [2.75, 3.05) is 45.4 Å². The minimum atomic E-state index is 0.580. The molecule has 0 atom stereocenters. The summed E-state index contributed by atoms with van der Waals surface area (Å²) in [4.78, 5) is 8.30. The largest absolute Gasteiger partial charge is 0.477 e.